The van der Waals surface area contributed by atoms with Gasteiger partial charge in [-0.15, -0.1) is 0 Å². The molecular formula is C14H13F3N2O4. The molecule has 1 aromatic rings. The molecular weight excluding hydrogens is 317 g/mol. The molecule has 1 aliphatic rings. The lowest BCUT2D eigenvalue weighted by atomic mass is 9.95. The predicted molar refractivity (Wildman–Crippen MR) is 71.6 cm³/mol. The van der Waals surface area contributed by atoms with Gasteiger partial charge in [0.15, 0.2) is 17.5 Å². The van der Waals surface area contributed by atoms with Gasteiger partial charge < -0.3 is 20.1 Å². The molecule has 1 aromatic carbocycles. The number of carbonyl (C=O) groups is 2. The van der Waals surface area contributed by atoms with E-state index in [-0.39, 0.29) is 23.4 Å². The highest BCUT2D eigenvalue weighted by Gasteiger charge is 2.34. The van der Waals surface area contributed by atoms with E-state index in [9.17, 15) is 22.8 Å². The second-order valence-corrected chi connectivity index (χ2v) is 4.65. The van der Waals surface area contributed by atoms with Crippen LogP contribution in [0.25, 0.3) is 0 Å². The Hall–Kier alpha value is -2.55. The number of rotatable bonds is 4. The van der Waals surface area contributed by atoms with Gasteiger partial charge in [-0.3, -0.25) is 0 Å². The number of urea groups is 1. The number of benzene rings is 1. The van der Waals surface area contributed by atoms with E-state index in [1.165, 1.54) is 7.11 Å². The number of methoxy groups -OCH3 is 2. The molecule has 0 spiro atoms. The largest absolute Gasteiger partial charge is 0.466 e. The predicted octanol–water partition coefficient (Wildman–Crippen LogP) is 1.53. The van der Waals surface area contributed by atoms with Gasteiger partial charge in [0.05, 0.1) is 31.0 Å². The molecule has 2 rings (SSSR count). The number of carbonyl (C=O) groups excluding carboxylic acids is 2. The zero-order valence-corrected chi connectivity index (χ0v) is 12.2. The van der Waals surface area contributed by atoms with Crippen LogP contribution in [0.1, 0.15) is 11.6 Å². The zero-order valence-electron chi connectivity index (χ0n) is 12.2. The summed E-state index contributed by atoms with van der Waals surface area (Å²) in [6.45, 7) is -0.138. The summed E-state index contributed by atoms with van der Waals surface area (Å²) >= 11 is 0. The van der Waals surface area contributed by atoms with Crippen molar-refractivity contribution in [2.45, 2.75) is 6.04 Å². The van der Waals surface area contributed by atoms with E-state index in [0.717, 1.165) is 7.11 Å². The molecule has 1 unspecified atom stereocenters. The molecule has 1 aliphatic heterocycles. The Labute approximate surface area is 129 Å². The minimum atomic E-state index is -1.64. The van der Waals surface area contributed by atoms with E-state index >= 15 is 0 Å². The topological polar surface area (TPSA) is 76.7 Å². The van der Waals surface area contributed by atoms with Crippen molar-refractivity contribution in [1.82, 2.24) is 10.6 Å². The van der Waals surface area contributed by atoms with Crippen molar-refractivity contribution >= 4 is 12.0 Å². The van der Waals surface area contributed by atoms with Gasteiger partial charge >= 0.3 is 12.0 Å². The number of hydrogen-bond acceptors (Lipinski definition) is 4. The molecule has 2 N–H and O–H groups in total. The Morgan fingerprint density at radius 2 is 1.83 bits per heavy atom. The molecule has 0 saturated carbocycles. The summed E-state index contributed by atoms with van der Waals surface area (Å²) < 4.78 is 49.5. The molecule has 0 fully saturated rings. The maximum atomic E-state index is 13.4. The van der Waals surface area contributed by atoms with Crippen LogP contribution in [-0.4, -0.2) is 32.8 Å². The molecule has 2 amide bonds. The number of ether oxygens (including phenoxy) is 2. The number of amides is 2. The van der Waals surface area contributed by atoms with Gasteiger partial charge in [0, 0.05) is 7.11 Å². The maximum Gasteiger partial charge on any atom is 0.338 e. The summed E-state index contributed by atoms with van der Waals surface area (Å²) in [7, 11) is 2.45. The highest BCUT2D eigenvalue weighted by molar-refractivity contribution is 5.95. The summed E-state index contributed by atoms with van der Waals surface area (Å²) in [5.41, 5.74) is -0.164. The second kappa shape index (κ2) is 6.69. The highest BCUT2D eigenvalue weighted by Crippen LogP contribution is 2.29. The van der Waals surface area contributed by atoms with Crippen molar-refractivity contribution < 1.29 is 32.2 Å². The van der Waals surface area contributed by atoms with Crippen LogP contribution in [0, 0.1) is 17.5 Å². The lowest BCUT2D eigenvalue weighted by Crippen LogP contribution is -2.46. The molecule has 6 nitrogen and oxygen atoms in total. The van der Waals surface area contributed by atoms with Crippen molar-refractivity contribution in [1.29, 1.82) is 0 Å². The van der Waals surface area contributed by atoms with Crippen molar-refractivity contribution in [3.8, 4) is 0 Å². The summed E-state index contributed by atoms with van der Waals surface area (Å²) in [6, 6.07) is -0.532. The van der Waals surface area contributed by atoms with Gasteiger partial charge in [0.1, 0.15) is 0 Å². The lowest BCUT2D eigenvalue weighted by molar-refractivity contribution is -0.136. The van der Waals surface area contributed by atoms with Crippen molar-refractivity contribution in [3.63, 3.8) is 0 Å². The van der Waals surface area contributed by atoms with E-state index in [1.807, 2.05) is 0 Å². The smallest absolute Gasteiger partial charge is 0.338 e. The van der Waals surface area contributed by atoms with Crippen LogP contribution in [0.3, 0.4) is 0 Å². The van der Waals surface area contributed by atoms with Crippen LogP contribution in [0.5, 0.6) is 0 Å². The van der Waals surface area contributed by atoms with Crippen LogP contribution in [0.15, 0.2) is 23.4 Å². The Bertz CT molecular complexity index is 668. The average Bonchev–Trinajstić information content (AvgIpc) is 2.51. The van der Waals surface area contributed by atoms with Gasteiger partial charge in [0.2, 0.25) is 0 Å². The SMILES string of the molecule is COCC1=C(C(=O)OC)C(c2cc(F)c(F)c(F)c2)NC(=O)N1. The molecule has 0 aromatic heterocycles. The Morgan fingerprint density at radius 3 is 2.35 bits per heavy atom. The Morgan fingerprint density at radius 1 is 1.22 bits per heavy atom. The molecule has 0 aliphatic carbocycles. The van der Waals surface area contributed by atoms with Crippen molar-refractivity contribution in [3.05, 3.63) is 46.4 Å². The third kappa shape index (κ3) is 3.29. The third-order valence-corrected chi connectivity index (χ3v) is 3.19. The first kappa shape index (κ1) is 16.8. The quantitative estimate of drug-likeness (QED) is 0.648. The average molecular weight is 330 g/mol. The lowest BCUT2D eigenvalue weighted by Gasteiger charge is -2.29. The molecule has 1 atom stereocenters. The standard InChI is InChI=1S/C14H13F3N2O4/c1-22-5-9-10(13(20)23-2)12(19-14(21)18-9)6-3-7(15)11(17)8(16)4-6/h3-4,12H,5H2,1-2H3,(H2,18,19,21). The Balaban J connectivity index is 2.59. The first-order valence-corrected chi connectivity index (χ1v) is 6.41. The molecule has 124 valence electrons. The molecule has 0 bridgehead atoms. The molecule has 1 heterocycles. The number of esters is 1. The highest BCUT2D eigenvalue weighted by atomic mass is 19.2. The minimum absolute atomic E-state index is 0.0817. The Kier molecular flexibility index (Phi) is 4.89. The van der Waals surface area contributed by atoms with E-state index in [1.54, 1.807) is 0 Å². The fourth-order valence-corrected chi connectivity index (χ4v) is 2.22. The monoisotopic (exact) mass is 330 g/mol. The van der Waals surface area contributed by atoms with Gasteiger partial charge in [-0.1, -0.05) is 0 Å². The molecule has 0 saturated heterocycles. The first-order chi connectivity index (χ1) is 10.9. The summed E-state index contributed by atoms with van der Waals surface area (Å²) in [5.74, 6) is -5.36. The summed E-state index contributed by atoms with van der Waals surface area (Å²) in [4.78, 5) is 23.7. The number of hydrogen-bond donors (Lipinski definition) is 2. The fourth-order valence-electron chi connectivity index (χ4n) is 2.22. The summed E-state index contributed by atoms with van der Waals surface area (Å²) in [5, 5.41) is 4.71. The number of nitrogens with one attached hydrogen (secondary N) is 2. The first-order valence-electron chi connectivity index (χ1n) is 6.41. The van der Waals surface area contributed by atoms with Crippen LogP contribution < -0.4 is 10.6 Å². The van der Waals surface area contributed by atoms with Gasteiger partial charge in [-0.2, -0.15) is 0 Å². The molecule has 0 radical (unpaired) electrons. The van der Waals surface area contributed by atoms with Crippen LogP contribution in [0.4, 0.5) is 18.0 Å². The maximum absolute atomic E-state index is 13.4. The van der Waals surface area contributed by atoms with Crippen molar-refractivity contribution in [2.75, 3.05) is 20.8 Å². The van der Waals surface area contributed by atoms with Gasteiger partial charge in [-0.05, 0) is 17.7 Å². The van der Waals surface area contributed by atoms with E-state index in [2.05, 4.69) is 15.4 Å². The third-order valence-electron chi connectivity index (χ3n) is 3.19. The molecule has 23 heavy (non-hydrogen) atoms. The van der Waals surface area contributed by atoms with E-state index < -0.39 is 35.5 Å². The van der Waals surface area contributed by atoms with Crippen LogP contribution in [0.2, 0.25) is 0 Å². The number of halogens is 3. The van der Waals surface area contributed by atoms with E-state index in [0.29, 0.717) is 12.1 Å². The second-order valence-electron chi connectivity index (χ2n) is 4.65. The molecule has 9 heteroatoms. The minimum Gasteiger partial charge on any atom is -0.466 e. The van der Waals surface area contributed by atoms with Gasteiger partial charge in [-0.25, -0.2) is 22.8 Å². The normalized spacial score (nSPS) is 17.6. The zero-order chi connectivity index (χ0) is 17.1. The van der Waals surface area contributed by atoms with Crippen LogP contribution in [-0.2, 0) is 14.3 Å². The van der Waals surface area contributed by atoms with Crippen molar-refractivity contribution in [2.24, 2.45) is 0 Å². The fraction of sp³-hybridized carbons (Fsp3) is 0.286. The van der Waals surface area contributed by atoms with Crippen LogP contribution >= 0.6 is 0 Å². The van der Waals surface area contributed by atoms with Gasteiger partial charge in [0.25, 0.3) is 0 Å². The van der Waals surface area contributed by atoms with E-state index in [4.69, 9.17) is 4.74 Å². The summed E-state index contributed by atoms with van der Waals surface area (Å²) in [6.07, 6.45) is 0.